The molecule has 10 heteroatoms. The van der Waals surface area contributed by atoms with Gasteiger partial charge in [-0.1, -0.05) is 6.42 Å². The Morgan fingerprint density at radius 3 is 2.39 bits per heavy atom. The molecule has 1 unspecified atom stereocenters. The van der Waals surface area contributed by atoms with Crippen LogP contribution in [0.1, 0.15) is 43.0 Å². The second kappa shape index (κ2) is 11.9. The molecule has 0 aromatic heterocycles. The summed E-state index contributed by atoms with van der Waals surface area (Å²) in [6.07, 6.45) is 3.58. The van der Waals surface area contributed by atoms with Gasteiger partial charge in [-0.15, -0.1) is 0 Å². The minimum Gasteiger partial charge on any atom is -0.385 e. The van der Waals surface area contributed by atoms with E-state index in [1.165, 1.54) is 12.1 Å². The number of piperazine rings is 1. The molecule has 2 aliphatic rings. The Labute approximate surface area is 197 Å². The molecule has 2 heterocycles. The number of sulfonamides is 1. The predicted octanol–water partition coefficient (Wildman–Crippen LogP) is 1.16. The fourth-order valence-corrected chi connectivity index (χ4v) is 6.03. The fourth-order valence-electron chi connectivity index (χ4n) is 4.33. The highest BCUT2D eigenvalue weighted by molar-refractivity contribution is 7.89. The maximum atomic E-state index is 13.0. The topological polar surface area (TPSA) is 99.3 Å². The van der Waals surface area contributed by atoms with Gasteiger partial charge in [0.05, 0.1) is 11.4 Å². The number of nitrogens with zero attached hydrogens (tertiary/aromatic N) is 3. The predicted molar refractivity (Wildman–Crippen MR) is 125 cm³/mol. The minimum atomic E-state index is -3.55. The standard InChI is InChI=1S/C23H36N4O5S/c1-19-6-3-4-12-27(19)33(30,31)21-9-7-20(8-10-21)23(29)26-15-13-25(14-16-26)18-22(28)24-11-5-17-32-2/h7-10,19H,3-6,11-18H2,1-2H3,(H,24,28). The first-order valence-electron chi connectivity index (χ1n) is 11.7. The Hall–Kier alpha value is -2.01. The molecule has 1 atom stereocenters. The summed E-state index contributed by atoms with van der Waals surface area (Å²) in [6.45, 7) is 6.31. The SMILES string of the molecule is COCCCNC(=O)CN1CCN(C(=O)c2ccc(S(=O)(=O)N3CCCCC3C)cc2)CC1. The molecule has 184 valence electrons. The molecule has 1 aromatic rings. The number of rotatable bonds is 9. The normalized spacial score (nSPS) is 20.5. The third-order valence-corrected chi connectivity index (χ3v) is 8.35. The summed E-state index contributed by atoms with van der Waals surface area (Å²) in [5, 5.41) is 2.87. The van der Waals surface area contributed by atoms with E-state index in [4.69, 9.17) is 4.74 Å². The van der Waals surface area contributed by atoms with Crippen molar-refractivity contribution in [1.82, 2.24) is 19.4 Å². The van der Waals surface area contributed by atoms with Crippen LogP contribution in [0, 0.1) is 0 Å². The van der Waals surface area contributed by atoms with Crippen molar-refractivity contribution in [2.45, 2.75) is 43.5 Å². The number of carbonyl (C=O) groups is 2. The Morgan fingerprint density at radius 1 is 1.06 bits per heavy atom. The van der Waals surface area contributed by atoms with Gasteiger partial charge in [0, 0.05) is 64.6 Å². The zero-order valence-electron chi connectivity index (χ0n) is 19.7. The molecule has 1 N–H and O–H groups in total. The van der Waals surface area contributed by atoms with Gasteiger partial charge in [-0.05, 0) is 50.5 Å². The lowest BCUT2D eigenvalue weighted by Crippen LogP contribution is -2.51. The first kappa shape index (κ1) is 25.6. The molecule has 0 aliphatic carbocycles. The van der Waals surface area contributed by atoms with E-state index in [0.717, 1.165) is 25.7 Å². The molecule has 0 saturated carbocycles. The molecule has 9 nitrogen and oxygen atoms in total. The highest BCUT2D eigenvalue weighted by atomic mass is 32.2. The molecule has 1 aromatic carbocycles. The molecule has 2 aliphatic heterocycles. The van der Waals surface area contributed by atoms with Gasteiger partial charge in [-0.2, -0.15) is 4.31 Å². The van der Waals surface area contributed by atoms with E-state index in [-0.39, 0.29) is 22.8 Å². The van der Waals surface area contributed by atoms with Gasteiger partial charge in [0.1, 0.15) is 0 Å². The zero-order valence-corrected chi connectivity index (χ0v) is 20.5. The lowest BCUT2D eigenvalue weighted by molar-refractivity contribution is -0.122. The van der Waals surface area contributed by atoms with E-state index < -0.39 is 10.0 Å². The minimum absolute atomic E-state index is 0.00575. The molecule has 33 heavy (non-hydrogen) atoms. The second-order valence-electron chi connectivity index (χ2n) is 8.75. The number of methoxy groups -OCH3 is 1. The monoisotopic (exact) mass is 480 g/mol. The van der Waals surface area contributed by atoms with Crippen molar-refractivity contribution in [2.75, 3.05) is 59.5 Å². The summed E-state index contributed by atoms with van der Waals surface area (Å²) in [5.41, 5.74) is 0.477. The van der Waals surface area contributed by atoms with Crippen LogP contribution in [0.3, 0.4) is 0 Å². The largest absolute Gasteiger partial charge is 0.385 e. The van der Waals surface area contributed by atoms with Crippen LogP contribution in [-0.4, -0.2) is 99.9 Å². The van der Waals surface area contributed by atoms with Gasteiger partial charge < -0.3 is 15.0 Å². The van der Waals surface area contributed by atoms with Crippen molar-refractivity contribution in [3.63, 3.8) is 0 Å². The molecule has 3 rings (SSSR count). The molecule has 0 spiro atoms. The third-order valence-electron chi connectivity index (χ3n) is 6.32. The van der Waals surface area contributed by atoms with Crippen LogP contribution in [0.5, 0.6) is 0 Å². The Balaban J connectivity index is 1.50. The van der Waals surface area contributed by atoms with Crippen LogP contribution >= 0.6 is 0 Å². The zero-order chi connectivity index (χ0) is 23.8. The molecule has 2 amide bonds. The van der Waals surface area contributed by atoms with Gasteiger partial charge in [-0.3, -0.25) is 14.5 Å². The van der Waals surface area contributed by atoms with Crippen molar-refractivity contribution in [2.24, 2.45) is 0 Å². The van der Waals surface area contributed by atoms with Crippen molar-refractivity contribution < 1.29 is 22.7 Å². The summed E-state index contributed by atoms with van der Waals surface area (Å²) in [7, 11) is -1.92. The van der Waals surface area contributed by atoms with Gasteiger partial charge >= 0.3 is 0 Å². The second-order valence-corrected chi connectivity index (χ2v) is 10.6. The van der Waals surface area contributed by atoms with E-state index in [1.807, 2.05) is 11.8 Å². The van der Waals surface area contributed by atoms with E-state index in [2.05, 4.69) is 5.32 Å². The molecule has 2 fully saturated rings. The number of hydrogen-bond acceptors (Lipinski definition) is 6. The molecule has 2 saturated heterocycles. The Bertz CT molecular complexity index is 898. The highest BCUT2D eigenvalue weighted by Crippen LogP contribution is 2.25. The Morgan fingerprint density at radius 2 is 1.76 bits per heavy atom. The van der Waals surface area contributed by atoms with Gasteiger partial charge in [-0.25, -0.2) is 8.42 Å². The maximum Gasteiger partial charge on any atom is 0.253 e. The first-order valence-corrected chi connectivity index (χ1v) is 13.2. The van der Waals surface area contributed by atoms with Crippen molar-refractivity contribution in [3.8, 4) is 0 Å². The fraction of sp³-hybridized carbons (Fsp3) is 0.652. The van der Waals surface area contributed by atoms with Crippen molar-refractivity contribution in [3.05, 3.63) is 29.8 Å². The lowest BCUT2D eigenvalue weighted by atomic mass is 10.1. The highest BCUT2D eigenvalue weighted by Gasteiger charge is 2.31. The molecular formula is C23H36N4O5S. The van der Waals surface area contributed by atoms with E-state index in [0.29, 0.717) is 58.0 Å². The lowest BCUT2D eigenvalue weighted by Gasteiger charge is -2.34. The number of benzene rings is 1. The molecule has 0 bridgehead atoms. The van der Waals surface area contributed by atoms with E-state index >= 15 is 0 Å². The van der Waals surface area contributed by atoms with E-state index in [9.17, 15) is 18.0 Å². The average molecular weight is 481 g/mol. The van der Waals surface area contributed by atoms with Crippen LogP contribution < -0.4 is 5.32 Å². The maximum absolute atomic E-state index is 13.0. The van der Waals surface area contributed by atoms with Gasteiger partial charge in [0.2, 0.25) is 15.9 Å². The van der Waals surface area contributed by atoms with Crippen LogP contribution in [0.25, 0.3) is 0 Å². The summed E-state index contributed by atoms with van der Waals surface area (Å²) in [4.78, 5) is 29.0. The van der Waals surface area contributed by atoms with Gasteiger partial charge in [0.25, 0.3) is 5.91 Å². The summed E-state index contributed by atoms with van der Waals surface area (Å²) >= 11 is 0. The van der Waals surface area contributed by atoms with Crippen LogP contribution in [-0.2, 0) is 19.6 Å². The van der Waals surface area contributed by atoms with Crippen molar-refractivity contribution >= 4 is 21.8 Å². The van der Waals surface area contributed by atoms with Crippen LogP contribution in [0.2, 0.25) is 0 Å². The summed E-state index contributed by atoms with van der Waals surface area (Å²) < 4.78 is 32.5. The third kappa shape index (κ3) is 6.75. The number of carbonyl (C=O) groups excluding carboxylic acids is 2. The summed E-state index contributed by atoms with van der Waals surface area (Å²) in [5.74, 6) is -0.139. The van der Waals surface area contributed by atoms with Gasteiger partial charge in [0.15, 0.2) is 0 Å². The summed E-state index contributed by atoms with van der Waals surface area (Å²) in [6, 6.07) is 6.27. The first-order chi connectivity index (χ1) is 15.8. The van der Waals surface area contributed by atoms with E-state index in [1.54, 1.807) is 28.4 Å². The smallest absolute Gasteiger partial charge is 0.253 e. The number of hydrogen-bond donors (Lipinski definition) is 1. The number of piperidine rings is 1. The molecule has 0 radical (unpaired) electrons. The number of ether oxygens (including phenoxy) is 1. The van der Waals surface area contributed by atoms with Crippen LogP contribution in [0.15, 0.2) is 29.2 Å². The quantitative estimate of drug-likeness (QED) is 0.533. The average Bonchev–Trinajstić information content (AvgIpc) is 2.82. The number of amides is 2. The number of nitrogens with one attached hydrogen (secondary N) is 1. The molecular weight excluding hydrogens is 444 g/mol. The van der Waals surface area contributed by atoms with Crippen molar-refractivity contribution in [1.29, 1.82) is 0 Å². The Kier molecular flexibility index (Phi) is 9.25. The van der Waals surface area contributed by atoms with Crippen LogP contribution in [0.4, 0.5) is 0 Å².